The van der Waals surface area contributed by atoms with Crippen LogP contribution in [0.4, 0.5) is 0 Å². The van der Waals surface area contributed by atoms with E-state index in [1.165, 1.54) is 12.0 Å². The van der Waals surface area contributed by atoms with Gasteiger partial charge in [0.25, 0.3) is 0 Å². The van der Waals surface area contributed by atoms with E-state index in [0.717, 1.165) is 45.0 Å². The Morgan fingerprint density at radius 2 is 2.04 bits per heavy atom. The smallest absolute Gasteiger partial charge is 0.193 e. The summed E-state index contributed by atoms with van der Waals surface area (Å²) >= 11 is 0. The predicted octanol–water partition coefficient (Wildman–Crippen LogP) is 3.29. The number of benzene rings is 1. The molecule has 0 aliphatic carbocycles. The molecule has 0 bridgehead atoms. The highest BCUT2D eigenvalue weighted by Crippen LogP contribution is 2.28. The minimum atomic E-state index is 0.406. The molecular formula is C19H31N3O. The number of hydrogen-bond acceptors (Lipinski definition) is 2. The van der Waals surface area contributed by atoms with Crippen molar-refractivity contribution in [3.8, 4) is 0 Å². The molecule has 128 valence electrons. The average Bonchev–Trinajstić information content (AvgIpc) is 2.91. The number of rotatable bonds is 7. The summed E-state index contributed by atoms with van der Waals surface area (Å²) in [6, 6.07) is 10.3. The summed E-state index contributed by atoms with van der Waals surface area (Å²) in [6.45, 7) is 9.32. The monoisotopic (exact) mass is 317 g/mol. The van der Waals surface area contributed by atoms with Gasteiger partial charge in [0, 0.05) is 33.3 Å². The average molecular weight is 317 g/mol. The molecule has 0 spiro atoms. The van der Waals surface area contributed by atoms with Crippen LogP contribution in [-0.2, 0) is 11.3 Å². The van der Waals surface area contributed by atoms with E-state index < -0.39 is 0 Å². The van der Waals surface area contributed by atoms with Crippen LogP contribution in [0.1, 0.15) is 38.7 Å². The van der Waals surface area contributed by atoms with Gasteiger partial charge in [0.05, 0.1) is 6.61 Å². The molecule has 0 saturated carbocycles. The minimum absolute atomic E-state index is 0.406. The van der Waals surface area contributed by atoms with Crippen molar-refractivity contribution in [3.05, 3.63) is 35.9 Å². The van der Waals surface area contributed by atoms with Gasteiger partial charge in [-0.3, -0.25) is 4.99 Å². The van der Waals surface area contributed by atoms with Crippen LogP contribution in [0.5, 0.6) is 0 Å². The molecule has 1 fully saturated rings. The molecule has 0 atom stereocenters. The van der Waals surface area contributed by atoms with Crippen molar-refractivity contribution < 1.29 is 4.74 Å². The summed E-state index contributed by atoms with van der Waals surface area (Å²) in [7, 11) is 1.87. The van der Waals surface area contributed by atoms with E-state index in [1.807, 2.05) is 25.2 Å². The third kappa shape index (κ3) is 6.22. The maximum absolute atomic E-state index is 5.71. The van der Waals surface area contributed by atoms with E-state index in [2.05, 4.69) is 41.2 Å². The van der Waals surface area contributed by atoms with Crippen molar-refractivity contribution in [3.63, 3.8) is 0 Å². The van der Waals surface area contributed by atoms with E-state index in [0.29, 0.717) is 12.0 Å². The van der Waals surface area contributed by atoms with Gasteiger partial charge in [0.15, 0.2) is 5.96 Å². The molecule has 1 aliphatic rings. The van der Waals surface area contributed by atoms with Crippen LogP contribution in [-0.4, -0.2) is 44.1 Å². The highest BCUT2D eigenvalue weighted by Gasteiger charge is 2.30. The highest BCUT2D eigenvalue weighted by molar-refractivity contribution is 5.80. The summed E-state index contributed by atoms with van der Waals surface area (Å²) in [4.78, 5) is 6.78. The van der Waals surface area contributed by atoms with Crippen LogP contribution in [0.25, 0.3) is 0 Å². The minimum Gasteiger partial charge on any atom is -0.377 e. The van der Waals surface area contributed by atoms with Gasteiger partial charge in [-0.1, -0.05) is 44.2 Å². The Bertz CT molecular complexity index is 485. The Hall–Kier alpha value is -1.55. The first-order chi connectivity index (χ1) is 11.1. The Balaban J connectivity index is 1.54. The zero-order valence-corrected chi connectivity index (χ0v) is 14.8. The molecule has 4 heteroatoms. The largest absolute Gasteiger partial charge is 0.377 e. The number of nitrogens with one attached hydrogen (secondary N) is 1. The summed E-state index contributed by atoms with van der Waals surface area (Å²) in [5.41, 5.74) is 1.64. The second-order valence-corrected chi connectivity index (χ2v) is 7.06. The van der Waals surface area contributed by atoms with Crippen LogP contribution in [0.3, 0.4) is 0 Å². The van der Waals surface area contributed by atoms with Gasteiger partial charge in [-0.05, 0) is 30.2 Å². The fourth-order valence-corrected chi connectivity index (χ4v) is 2.92. The Labute approximate surface area is 140 Å². The van der Waals surface area contributed by atoms with Crippen molar-refractivity contribution in [2.24, 2.45) is 10.4 Å². The lowest BCUT2D eigenvalue weighted by molar-refractivity contribution is 0.117. The summed E-state index contributed by atoms with van der Waals surface area (Å²) in [6.07, 6.45) is 3.41. The zero-order chi connectivity index (χ0) is 16.5. The van der Waals surface area contributed by atoms with Crippen LogP contribution >= 0.6 is 0 Å². The number of unbranched alkanes of at least 4 members (excludes halogenated alkanes) is 1. The number of hydrogen-bond donors (Lipinski definition) is 1. The van der Waals surface area contributed by atoms with Gasteiger partial charge < -0.3 is 15.0 Å². The first-order valence-corrected chi connectivity index (χ1v) is 8.68. The van der Waals surface area contributed by atoms with Gasteiger partial charge in [-0.15, -0.1) is 0 Å². The normalized spacial score (nSPS) is 17.5. The maximum atomic E-state index is 5.71. The Kier molecular flexibility index (Phi) is 6.90. The molecule has 1 saturated heterocycles. The van der Waals surface area contributed by atoms with Crippen LogP contribution < -0.4 is 5.32 Å². The SMILES string of the molecule is CN=C(NCCCCOCc1ccccc1)N1CCC(C)(C)C1. The molecule has 1 N–H and O–H groups in total. The number of aliphatic imine (C=N–C) groups is 1. The topological polar surface area (TPSA) is 36.9 Å². The van der Waals surface area contributed by atoms with Crippen LogP contribution in [0.2, 0.25) is 0 Å². The van der Waals surface area contributed by atoms with Gasteiger partial charge >= 0.3 is 0 Å². The third-order valence-electron chi connectivity index (χ3n) is 4.30. The second kappa shape index (κ2) is 8.92. The molecule has 0 radical (unpaired) electrons. The van der Waals surface area contributed by atoms with E-state index in [9.17, 15) is 0 Å². The second-order valence-electron chi connectivity index (χ2n) is 7.06. The van der Waals surface area contributed by atoms with Crippen molar-refractivity contribution in [2.45, 2.75) is 39.7 Å². The Morgan fingerprint density at radius 1 is 1.26 bits per heavy atom. The molecule has 4 nitrogen and oxygen atoms in total. The van der Waals surface area contributed by atoms with Gasteiger partial charge in [0.1, 0.15) is 0 Å². The molecule has 0 unspecified atom stereocenters. The molecule has 1 aromatic rings. The van der Waals surface area contributed by atoms with Gasteiger partial charge in [-0.2, -0.15) is 0 Å². The molecule has 1 aromatic carbocycles. The molecule has 2 rings (SSSR count). The van der Waals surface area contributed by atoms with Gasteiger partial charge in [0.2, 0.25) is 0 Å². The maximum Gasteiger partial charge on any atom is 0.193 e. The first kappa shape index (κ1) is 17.8. The van der Waals surface area contributed by atoms with E-state index >= 15 is 0 Å². The predicted molar refractivity (Wildman–Crippen MR) is 96.7 cm³/mol. The van der Waals surface area contributed by atoms with Crippen molar-refractivity contribution in [2.75, 3.05) is 33.3 Å². The highest BCUT2D eigenvalue weighted by atomic mass is 16.5. The standard InChI is InChI=1S/C19H31N3O/c1-19(2)11-13-22(16-19)18(20-3)21-12-7-8-14-23-15-17-9-5-4-6-10-17/h4-6,9-10H,7-8,11-16H2,1-3H3,(H,20,21). The molecule has 1 heterocycles. The Morgan fingerprint density at radius 3 is 2.70 bits per heavy atom. The fraction of sp³-hybridized carbons (Fsp3) is 0.632. The van der Waals surface area contributed by atoms with Crippen LogP contribution in [0, 0.1) is 5.41 Å². The number of likely N-dealkylation sites (tertiary alicyclic amines) is 1. The number of nitrogens with zero attached hydrogens (tertiary/aromatic N) is 2. The van der Waals surface area contributed by atoms with Crippen molar-refractivity contribution in [1.82, 2.24) is 10.2 Å². The van der Waals surface area contributed by atoms with Crippen molar-refractivity contribution in [1.29, 1.82) is 0 Å². The van der Waals surface area contributed by atoms with Gasteiger partial charge in [-0.25, -0.2) is 0 Å². The summed E-state index contributed by atoms with van der Waals surface area (Å²) in [5, 5.41) is 3.48. The third-order valence-corrected chi connectivity index (χ3v) is 4.30. The quantitative estimate of drug-likeness (QED) is 0.476. The lowest BCUT2D eigenvalue weighted by Crippen LogP contribution is -2.41. The molecule has 0 amide bonds. The van der Waals surface area contributed by atoms with Crippen LogP contribution in [0.15, 0.2) is 35.3 Å². The fourth-order valence-electron chi connectivity index (χ4n) is 2.92. The lowest BCUT2D eigenvalue weighted by atomic mass is 9.93. The lowest BCUT2D eigenvalue weighted by Gasteiger charge is -2.23. The first-order valence-electron chi connectivity index (χ1n) is 8.68. The molecular weight excluding hydrogens is 286 g/mol. The van der Waals surface area contributed by atoms with E-state index in [1.54, 1.807) is 0 Å². The number of guanidine groups is 1. The molecule has 0 aromatic heterocycles. The summed E-state index contributed by atoms with van der Waals surface area (Å²) in [5.74, 6) is 1.04. The molecule has 1 aliphatic heterocycles. The number of ether oxygens (including phenoxy) is 1. The van der Waals surface area contributed by atoms with E-state index in [4.69, 9.17) is 4.74 Å². The van der Waals surface area contributed by atoms with Crippen molar-refractivity contribution >= 4 is 5.96 Å². The van der Waals surface area contributed by atoms with E-state index in [-0.39, 0.29) is 0 Å². The molecule has 23 heavy (non-hydrogen) atoms. The zero-order valence-electron chi connectivity index (χ0n) is 14.8. The summed E-state index contributed by atoms with van der Waals surface area (Å²) < 4.78 is 5.71.